The van der Waals surface area contributed by atoms with E-state index in [1.807, 2.05) is 18.2 Å². The minimum Gasteiger partial charge on any atom is -0.0656 e. The van der Waals surface area contributed by atoms with E-state index in [0.29, 0.717) is 0 Å². The topological polar surface area (TPSA) is 0 Å². The summed E-state index contributed by atoms with van der Waals surface area (Å²) in [6.45, 7) is 8.56. The monoisotopic (exact) mass is 270 g/mol. The zero-order valence-corrected chi connectivity index (χ0v) is 13.6. The van der Waals surface area contributed by atoms with Gasteiger partial charge in [-0.2, -0.15) is 0 Å². The van der Waals surface area contributed by atoms with Gasteiger partial charge in [-0.1, -0.05) is 99.8 Å². The number of hydrogen-bond donors (Lipinski definition) is 0. The van der Waals surface area contributed by atoms with Crippen molar-refractivity contribution in [1.29, 1.82) is 0 Å². The average molecular weight is 270 g/mol. The van der Waals surface area contributed by atoms with Gasteiger partial charge in [0.25, 0.3) is 0 Å². The summed E-state index contributed by atoms with van der Waals surface area (Å²) in [6, 6.07) is 20.9. The third-order valence-electron chi connectivity index (χ3n) is 2.60. The molecule has 0 aliphatic carbocycles. The van der Waals surface area contributed by atoms with Crippen LogP contribution >= 0.6 is 0 Å². The predicted octanol–water partition coefficient (Wildman–Crippen LogP) is 6.44. The second-order valence-electron chi connectivity index (χ2n) is 4.95. The predicted molar refractivity (Wildman–Crippen MR) is 92.2 cm³/mol. The smallest absolute Gasteiger partial charge is 0.0279 e. The summed E-state index contributed by atoms with van der Waals surface area (Å²) >= 11 is 0. The second kappa shape index (κ2) is 13.9. The quantitative estimate of drug-likeness (QED) is 0.602. The van der Waals surface area contributed by atoms with Gasteiger partial charge in [0, 0.05) is 0 Å². The van der Waals surface area contributed by atoms with Gasteiger partial charge in [-0.05, 0) is 25.3 Å². The van der Waals surface area contributed by atoms with Crippen molar-refractivity contribution in [3.8, 4) is 0 Å². The minimum atomic E-state index is 1.23. The van der Waals surface area contributed by atoms with E-state index in [9.17, 15) is 0 Å². The van der Waals surface area contributed by atoms with Crippen LogP contribution in [-0.4, -0.2) is 0 Å². The van der Waals surface area contributed by atoms with Gasteiger partial charge in [0.15, 0.2) is 0 Å². The van der Waals surface area contributed by atoms with E-state index in [2.05, 4.69) is 70.2 Å². The fourth-order valence-corrected chi connectivity index (χ4v) is 1.56. The molecule has 0 heteroatoms. The Morgan fingerprint density at radius 1 is 0.700 bits per heavy atom. The molecule has 0 nitrogen and oxygen atoms in total. The summed E-state index contributed by atoms with van der Waals surface area (Å²) < 4.78 is 0. The molecule has 0 atom stereocenters. The molecule has 0 saturated carbocycles. The Morgan fingerprint density at radius 2 is 1.15 bits per heavy atom. The van der Waals surface area contributed by atoms with E-state index < -0.39 is 0 Å². The number of aryl methyl sites for hydroxylation is 2. The molecule has 0 heterocycles. The third-order valence-corrected chi connectivity index (χ3v) is 2.60. The minimum absolute atomic E-state index is 1.23. The van der Waals surface area contributed by atoms with Gasteiger partial charge in [0.05, 0.1) is 0 Å². The molecule has 0 aromatic heterocycles. The molecule has 110 valence electrons. The van der Waals surface area contributed by atoms with Crippen molar-refractivity contribution in [3.05, 3.63) is 71.8 Å². The van der Waals surface area contributed by atoms with E-state index in [4.69, 9.17) is 0 Å². The molecule has 0 radical (unpaired) electrons. The maximum atomic E-state index is 2.23. The van der Waals surface area contributed by atoms with Crippen molar-refractivity contribution in [1.82, 2.24) is 0 Å². The van der Waals surface area contributed by atoms with Gasteiger partial charge in [0.2, 0.25) is 0 Å². The van der Waals surface area contributed by atoms with E-state index in [-0.39, 0.29) is 0 Å². The van der Waals surface area contributed by atoms with Crippen molar-refractivity contribution >= 4 is 0 Å². The van der Waals surface area contributed by atoms with Gasteiger partial charge in [-0.15, -0.1) is 0 Å². The Labute approximate surface area is 125 Å². The molecular formula is C20H30. The normalized spacial score (nSPS) is 8.80. The van der Waals surface area contributed by atoms with Crippen LogP contribution in [0.25, 0.3) is 0 Å². The van der Waals surface area contributed by atoms with E-state index in [1.54, 1.807) is 0 Å². The van der Waals surface area contributed by atoms with E-state index >= 15 is 0 Å². The lowest BCUT2D eigenvalue weighted by molar-refractivity contribution is 0.795. The Balaban J connectivity index is 0.000000315. The van der Waals surface area contributed by atoms with Crippen LogP contribution in [0.4, 0.5) is 0 Å². The molecule has 0 aliphatic heterocycles. The van der Waals surface area contributed by atoms with E-state index in [1.165, 1.54) is 36.8 Å². The molecule has 0 N–H and O–H groups in total. The molecule has 0 fully saturated rings. The molecular weight excluding hydrogens is 240 g/mol. The Morgan fingerprint density at radius 3 is 1.50 bits per heavy atom. The zero-order chi connectivity index (χ0) is 15.1. The summed E-state index contributed by atoms with van der Waals surface area (Å²) in [5.41, 5.74) is 2.78. The second-order valence-corrected chi connectivity index (χ2v) is 4.95. The van der Waals surface area contributed by atoms with Crippen LogP contribution < -0.4 is 0 Å². The molecule has 0 aliphatic rings. The van der Waals surface area contributed by atoms with Crippen LogP contribution in [0.15, 0.2) is 60.7 Å². The molecule has 0 saturated heterocycles. The standard InChI is InChI=1S/C10H14.C7H8.C3H8/c1-2-3-7-10-8-5-4-6-9-10;1-7-5-3-2-4-6-7;1-3-2/h4-6,8-9H,2-3,7H2,1H3;2-6H,1H3;3H2,1-2H3. The maximum absolute atomic E-state index is 2.23. The van der Waals surface area contributed by atoms with Crippen LogP contribution in [-0.2, 0) is 6.42 Å². The highest BCUT2D eigenvalue weighted by atomic mass is 13.9. The van der Waals surface area contributed by atoms with Crippen molar-refractivity contribution < 1.29 is 0 Å². The van der Waals surface area contributed by atoms with E-state index in [0.717, 1.165) is 0 Å². The van der Waals surface area contributed by atoms with Crippen molar-refractivity contribution in [2.45, 2.75) is 53.4 Å². The lowest BCUT2D eigenvalue weighted by Gasteiger charge is -1.96. The summed E-state index contributed by atoms with van der Waals surface area (Å²) in [7, 11) is 0. The van der Waals surface area contributed by atoms with Gasteiger partial charge in [-0.25, -0.2) is 0 Å². The third kappa shape index (κ3) is 11.5. The number of hydrogen-bond acceptors (Lipinski definition) is 0. The molecule has 0 bridgehead atoms. The molecule has 0 unspecified atom stereocenters. The lowest BCUT2D eigenvalue weighted by atomic mass is 10.1. The Hall–Kier alpha value is -1.56. The zero-order valence-electron chi connectivity index (χ0n) is 13.6. The highest BCUT2D eigenvalue weighted by Crippen LogP contribution is 2.03. The first-order valence-electron chi connectivity index (χ1n) is 7.80. The van der Waals surface area contributed by atoms with Crippen LogP contribution in [0, 0.1) is 6.92 Å². The summed E-state index contributed by atoms with van der Waals surface area (Å²) in [5, 5.41) is 0. The van der Waals surface area contributed by atoms with Crippen molar-refractivity contribution in [2.75, 3.05) is 0 Å². The molecule has 0 spiro atoms. The largest absolute Gasteiger partial charge is 0.0656 e. The summed E-state index contributed by atoms with van der Waals surface area (Å²) in [4.78, 5) is 0. The molecule has 2 aromatic rings. The van der Waals surface area contributed by atoms with Crippen LogP contribution in [0.5, 0.6) is 0 Å². The van der Waals surface area contributed by atoms with Gasteiger partial charge >= 0.3 is 0 Å². The summed E-state index contributed by atoms with van der Waals surface area (Å²) in [6.07, 6.45) is 5.08. The van der Waals surface area contributed by atoms with Crippen molar-refractivity contribution in [3.63, 3.8) is 0 Å². The summed E-state index contributed by atoms with van der Waals surface area (Å²) in [5.74, 6) is 0. The van der Waals surface area contributed by atoms with Gasteiger partial charge in [-0.3, -0.25) is 0 Å². The Bertz CT molecular complexity index is 389. The highest BCUT2D eigenvalue weighted by Gasteiger charge is 1.87. The highest BCUT2D eigenvalue weighted by molar-refractivity contribution is 5.14. The first kappa shape index (κ1) is 18.4. The number of rotatable bonds is 3. The van der Waals surface area contributed by atoms with Gasteiger partial charge < -0.3 is 0 Å². The Kier molecular flexibility index (Phi) is 12.8. The average Bonchev–Trinajstić information content (AvgIpc) is 2.48. The van der Waals surface area contributed by atoms with Gasteiger partial charge in [0.1, 0.15) is 0 Å². The van der Waals surface area contributed by atoms with Crippen molar-refractivity contribution in [2.24, 2.45) is 0 Å². The fraction of sp³-hybridized carbons (Fsp3) is 0.400. The maximum Gasteiger partial charge on any atom is -0.0279 e. The lowest BCUT2D eigenvalue weighted by Crippen LogP contribution is -1.81. The molecule has 0 amide bonds. The molecule has 2 aromatic carbocycles. The molecule has 20 heavy (non-hydrogen) atoms. The molecule has 2 rings (SSSR count). The first-order chi connectivity index (χ1) is 9.74. The van der Waals surface area contributed by atoms with Crippen LogP contribution in [0.1, 0.15) is 51.2 Å². The SMILES string of the molecule is CCC.CCCCc1ccccc1.Cc1ccccc1. The van der Waals surface area contributed by atoms with Crippen LogP contribution in [0.3, 0.4) is 0 Å². The number of unbranched alkanes of at least 4 members (excludes halogenated alkanes) is 1. The number of benzene rings is 2. The first-order valence-corrected chi connectivity index (χ1v) is 7.80. The fourth-order valence-electron chi connectivity index (χ4n) is 1.56. The van der Waals surface area contributed by atoms with Crippen LogP contribution in [0.2, 0.25) is 0 Å².